The summed E-state index contributed by atoms with van der Waals surface area (Å²) in [5, 5.41) is 3.60. The quantitative estimate of drug-likeness (QED) is 0.927. The van der Waals surface area contributed by atoms with Gasteiger partial charge < -0.3 is 15.0 Å². The minimum atomic E-state index is -0.440. The average Bonchev–Trinajstić information content (AvgIpc) is 2.46. The van der Waals surface area contributed by atoms with Crippen molar-refractivity contribution in [2.75, 3.05) is 13.1 Å². The van der Waals surface area contributed by atoms with Crippen molar-refractivity contribution in [3.05, 3.63) is 23.8 Å². The Morgan fingerprint density at radius 3 is 2.48 bits per heavy atom. The maximum Gasteiger partial charge on any atom is 0.410 e. The van der Waals surface area contributed by atoms with Crippen molar-refractivity contribution < 1.29 is 9.53 Å². The second kappa shape index (κ2) is 7.25. The highest BCUT2D eigenvalue weighted by atomic mass is 16.6. The van der Waals surface area contributed by atoms with Gasteiger partial charge in [0, 0.05) is 37.6 Å². The van der Waals surface area contributed by atoms with E-state index in [2.05, 4.69) is 22.2 Å². The molecule has 6 nitrogen and oxygen atoms in total. The van der Waals surface area contributed by atoms with Crippen LogP contribution in [0.4, 0.5) is 4.79 Å². The van der Waals surface area contributed by atoms with Crippen molar-refractivity contribution in [1.29, 1.82) is 0 Å². The minimum absolute atomic E-state index is 0.154. The van der Waals surface area contributed by atoms with Crippen molar-refractivity contribution in [1.82, 2.24) is 20.2 Å². The van der Waals surface area contributed by atoms with E-state index in [-0.39, 0.29) is 12.1 Å². The third kappa shape index (κ3) is 5.16. The number of carbonyl (C=O) groups is 1. The first-order chi connectivity index (χ1) is 10.8. The van der Waals surface area contributed by atoms with E-state index in [0.29, 0.717) is 6.04 Å². The highest BCUT2D eigenvalue weighted by Crippen LogP contribution is 2.19. The van der Waals surface area contributed by atoms with Crippen LogP contribution < -0.4 is 5.32 Å². The van der Waals surface area contributed by atoms with Crippen LogP contribution in [0.3, 0.4) is 0 Å². The first kappa shape index (κ1) is 17.7. The van der Waals surface area contributed by atoms with Crippen molar-refractivity contribution >= 4 is 6.09 Å². The number of aromatic nitrogens is 2. The van der Waals surface area contributed by atoms with Crippen LogP contribution in [0.15, 0.2) is 12.4 Å². The molecule has 0 saturated carbocycles. The van der Waals surface area contributed by atoms with Gasteiger partial charge in [0.05, 0.1) is 11.4 Å². The number of nitrogens with one attached hydrogen (secondary N) is 1. The molecule has 2 rings (SSSR count). The molecular formula is C17H28N4O2. The smallest absolute Gasteiger partial charge is 0.410 e. The number of hydrogen-bond acceptors (Lipinski definition) is 5. The van der Waals surface area contributed by atoms with Gasteiger partial charge in [-0.2, -0.15) is 0 Å². The highest BCUT2D eigenvalue weighted by molar-refractivity contribution is 5.68. The van der Waals surface area contributed by atoms with E-state index in [1.54, 1.807) is 17.3 Å². The Kier molecular flexibility index (Phi) is 5.57. The molecule has 1 aromatic rings. The summed E-state index contributed by atoms with van der Waals surface area (Å²) in [4.78, 5) is 22.6. The molecular weight excluding hydrogens is 292 g/mol. The number of hydrogen-bond donors (Lipinski definition) is 1. The van der Waals surface area contributed by atoms with Crippen molar-refractivity contribution in [3.8, 4) is 0 Å². The number of piperidine rings is 1. The molecule has 128 valence electrons. The Morgan fingerprint density at radius 1 is 1.30 bits per heavy atom. The SMILES string of the molecule is Cc1nccnc1C(C)NC1CCN(C(=O)OC(C)(C)C)CC1. The summed E-state index contributed by atoms with van der Waals surface area (Å²) in [6.07, 6.45) is 5.07. The third-order valence-electron chi connectivity index (χ3n) is 3.96. The number of aryl methyl sites for hydroxylation is 1. The summed E-state index contributed by atoms with van der Waals surface area (Å²) in [5.74, 6) is 0. The normalized spacial score (nSPS) is 17.9. The Morgan fingerprint density at radius 2 is 1.91 bits per heavy atom. The van der Waals surface area contributed by atoms with Crippen LogP contribution in [-0.2, 0) is 4.74 Å². The lowest BCUT2D eigenvalue weighted by atomic mass is 10.0. The lowest BCUT2D eigenvalue weighted by molar-refractivity contribution is 0.0196. The first-order valence-corrected chi connectivity index (χ1v) is 8.28. The summed E-state index contributed by atoms with van der Waals surface area (Å²) in [5.41, 5.74) is 1.50. The largest absolute Gasteiger partial charge is 0.444 e. The van der Waals surface area contributed by atoms with Crippen LogP contribution in [0.5, 0.6) is 0 Å². The lowest BCUT2D eigenvalue weighted by Gasteiger charge is -2.34. The Labute approximate surface area is 138 Å². The fraction of sp³-hybridized carbons (Fsp3) is 0.706. The Balaban J connectivity index is 1.83. The Bertz CT molecular complexity index is 534. The van der Waals surface area contributed by atoms with E-state index >= 15 is 0 Å². The van der Waals surface area contributed by atoms with E-state index in [4.69, 9.17) is 4.74 Å². The van der Waals surface area contributed by atoms with Gasteiger partial charge in [0.1, 0.15) is 5.60 Å². The predicted molar refractivity (Wildman–Crippen MR) is 89.1 cm³/mol. The monoisotopic (exact) mass is 320 g/mol. The molecule has 0 bridgehead atoms. The van der Waals surface area contributed by atoms with Crippen LogP contribution in [0.25, 0.3) is 0 Å². The molecule has 1 aromatic heterocycles. The van der Waals surface area contributed by atoms with E-state index < -0.39 is 5.60 Å². The van der Waals surface area contributed by atoms with Gasteiger partial charge in [0.2, 0.25) is 0 Å². The van der Waals surface area contributed by atoms with Gasteiger partial charge in [-0.15, -0.1) is 0 Å². The molecule has 23 heavy (non-hydrogen) atoms. The van der Waals surface area contributed by atoms with Gasteiger partial charge >= 0.3 is 6.09 Å². The highest BCUT2D eigenvalue weighted by Gasteiger charge is 2.27. The van der Waals surface area contributed by atoms with Crippen LogP contribution in [-0.4, -0.2) is 45.7 Å². The summed E-state index contributed by atoms with van der Waals surface area (Å²) >= 11 is 0. The number of rotatable bonds is 3. The molecule has 0 aliphatic carbocycles. The first-order valence-electron chi connectivity index (χ1n) is 8.28. The summed E-state index contributed by atoms with van der Waals surface area (Å²) in [6.45, 7) is 11.2. The predicted octanol–water partition coefficient (Wildman–Crippen LogP) is 2.84. The topological polar surface area (TPSA) is 67.4 Å². The van der Waals surface area contributed by atoms with Crippen LogP contribution in [0.1, 0.15) is 58.0 Å². The van der Waals surface area contributed by atoms with Crippen molar-refractivity contribution in [2.24, 2.45) is 0 Å². The second-order valence-electron chi connectivity index (χ2n) is 7.16. The van der Waals surface area contributed by atoms with Gasteiger partial charge in [-0.3, -0.25) is 9.97 Å². The second-order valence-corrected chi connectivity index (χ2v) is 7.16. The molecule has 1 unspecified atom stereocenters. The lowest BCUT2D eigenvalue weighted by Crippen LogP contribution is -2.47. The van der Waals surface area contributed by atoms with Gasteiger partial charge in [-0.05, 0) is 47.5 Å². The maximum absolute atomic E-state index is 12.1. The third-order valence-corrected chi connectivity index (χ3v) is 3.96. The molecule has 1 N–H and O–H groups in total. The number of amides is 1. The van der Waals surface area contributed by atoms with Crippen LogP contribution >= 0.6 is 0 Å². The molecule has 0 spiro atoms. The number of ether oxygens (including phenoxy) is 1. The van der Waals surface area contributed by atoms with Gasteiger partial charge in [0.25, 0.3) is 0 Å². The molecule has 1 fully saturated rings. The standard InChI is InChI=1S/C17H28N4O2/c1-12-15(19-9-8-18-12)13(2)20-14-6-10-21(11-7-14)16(22)23-17(3,4)5/h8-9,13-14,20H,6-7,10-11H2,1-5H3. The zero-order valence-corrected chi connectivity index (χ0v) is 14.8. The molecule has 1 saturated heterocycles. The van der Waals surface area contributed by atoms with E-state index in [1.807, 2.05) is 27.7 Å². The molecule has 1 amide bonds. The molecule has 6 heteroatoms. The van der Waals surface area contributed by atoms with Crippen LogP contribution in [0.2, 0.25) is 0 Å². The Hall–Kier alpha value is -1.69. The van der Waals surface area contributed by atoms with Crippen molar-refractivity contribution in [2.45, 2.75) is 65.1 Å². The minimum Gasteiger partial charge on any atom is -0.444 e. The number of nitrogens with zero attached hydrogens (tertiary/aromatic N) is 3. The van der Waals surface area contributed by atoms with E-state index in [9.17, 15) is 4.79 Å². The average molecular weight is 320 g/mol. The summed E-state index contributed by atoms with van der Waals surface area (Å²) in [7, 11) is 0. The number of likely N-dealkylation sites (tertiary alicyclic amines) is 1. The fourth-order valence-electron chi connectivity index (χ4n) is 2.83. The van der Waals surface area contributed by atoms with Gasteiger partial charge in [-0.1, -0.05) is 0 Å². The molecule has 1 aliphatic heterocycles. The van der Waals surface area contributed by atoms with Gasteiger partial charge in [-0.25, -0.2) is 4.79 Å². The van der Waals surface area contributed by atoms with E-state index in [0.717, 1.165) is 37.3 Å². The zero-order chi connectivity index (χ0) is 17.0. The van der Waals surface area contributed by atoms with E-state index in [1.165, 1.54) is 0 Å². The molecule has 1 atom stereocenters. The van der Waals surface area contributed by atoms with Crippen LogP contribution in [0, 0.1) is 6.92 Å². The summed E-state index contributed by atoms with van der Waals surface area (Å²) in [6, 6.07) is 0.534. The molecule has 0 aromatic carbocycles. The number of carbonyl (C=O) groups excluding carboxylic acids is 1. The molecule has 2 heterocycles. The molecule has 1 aliphatic rings. The zero-order valence-electron chi connectivity index (χ0n) is 14.8. The van der Waals surface area contributed by atoms with Crippen molar-refractivity contribution in [3.63, 3.8) is 0 Å². The maximum atomic E-state index is 12.1. The fourth-order valence-corrected chi connectivity index (χ4v) is 2.83. The molecule has 0 radical (unpaired) electrons. The summed E-state index contributed by atoms with van der Waals surface area (Å²) < 4.78 is 5.43. The van der Waals surface area contributed by atoms with Gasteiger partial charge in [0.15, 0.2) is 0 Å².